The summed E-state index contributed by atoms with van der Waals surface area (Å²) in [4.78, 5) is 14.8. The number of carbonyl (C=O) groups is 1. The molecule has 0 radical (unpaired) electrons. The lowest BCUT2D eigenvalue weighted by molar-refractivity contribution is 0.0789. The standard InChI is InChI=1S/C26H30ClFN4O3/c1-17(2)29-26(33)31(15-23-8-5-13-34-23)16-24-18(3)30-32(21-11-9-19(27)10-12-21)25(24)35-22-7-4-6-20(28)14-22/h4,6-7,9-12,14,17,23H,5,8,13,15-16H2,1-3H3,(H,29,33)/t23-/m0/s1. The second kappa shape index (κ2) is 11.1. The van der Waals surface area contributed by atoms with Gasteiger partial charge in [0.2, 0.25) is 5.88 Å². The second-order valence-corrected chi connectivity index (χ2v) is 9.37. The van der Waals surface area contributed by atoms with Gasteiger partial charge in [-0.05, 0) is 70.0 Å². The molecule has 1 aliphatic rings. The Morgan fingerprint density at radius 2 is 2.09 bits per heavy atom. The van der Waals surface area contributed by atoms with Gasteiger partial charge >= 0.3 is 6.03 Å². The van der Waals surface area contributed by atoms with E-state index in [-0.39, 0.29) is 24.7 Å². The van der Waals surface area contributed by atoms with Crippen LogP contribution in [0.4, 0.5) is 9.18 Å². The number of urea groups is 1. The van der Waals surface area contributed by atoms with Gasteiger partial charge < -0.3 is 19.7 Å². The van der Waals surface area contributed by atoms with Crippen molar-refractivity contribution >= 4 is 17.6 Å². The zero-order chi connectivity index (χ0) is 24.9. The van der Waals surface area contributed by atoms with Crippen molar-refractivity contribution < 1.29 is 18.7 Å². The Hall–Kier alpha value is -3.10. The van der Waals surface area contributed by atoms with Crippen LogP contribution >= 0.6 is 11.6 Å². The highest BCUT2D eigenvalue weighted by atomic mass is 35.5. The van der Waals surface area contributed by atoms with Gasteiger partial charge in [0.05, 0.1) is 29.6 Å². The van der Waals surface area contributed by atoms with Crippen molar-refractivity contribution in [2.45, 2.75) is 52.3 Å². The Bertz CT molecular complexity index is 1160. The normalized spacial score (nSPS) is 15.4. The van der Waals surface area contributed by atoms with Crippen LogP contribution < -0.4 is 10.1 Å². The van der Waals surface area contributed by atoms with Gasteiger partial charge in [0.1, 0.15) is 11.6 Å². The molecule has 0 saturated carbocycles. The molecule has 35 heavy (non-hydrogen) atoms. The number of carbonyl (C=O) groups excluding carboxylic acids is 1. The van der Waals surface area contributed by atoms with E-state index in [1.165, 1.54) is 12.1 Å². The largest absolute Gasteiger partial charge is 0.438 e. The lowest BCUT2D eigenvalue weighted by atomic mass is 10.2. The highest BCUT2D eigenvalue weighted by Crippen LogP contribution is 2.32. The van der Waals surface area contributed by atoms with Crippen molar-refractivity contribution in [3.05, 3.63) is 70.6 Å². The van der Waals surface area contributed by atoms with Gasteiger partial charge in [-0.2, -0.15) is 5.10 Å². The lowest BCUT2D eigenvalue weighted by Gasteiger charge is -2.27. The van der Waals surface area contributed by atoms with E-state index in [1.807, 2.05) is 32.9 Å². The first-order valence-corrected chi connectivity index (χ1v) is 12.1. The summed E-state index contributed by atoms with van der Waals surface area (Å²) in [6.07, 6.45) is 1.86. The number of rotatable bonds is 8. The van der Waals surface area contributed by atoms with Gasteiger partial charge in [0, 0.05) is 30.3 Å². The predicted molar refractivity (Wildman–Crippen MR) is 133 cm³/mol. The van der Waals surface area contributed by atoms with Crippen molar-refractivity contribution in [2.24, 2.45) is 0 Å². The highest BCUT2D eigenvalue weighted by molar-refractivity contribution is 6.30. The van der Waals surface area contributed by atoms with Crippen LogP contribution in [0.25, 0.3) is 5.69 Å². The molecule has 9 heteroatoms. The van der Waals surface area contributed by atoms with Gasteiger partial charge in [-0.15, -0.1) is 0 Å². The third kappa shape index (κ3) is 6.32. The molecular weight excluding hydrogens is 471 g/mol. The topological polar surface area (TPSA) is 68.6 Å². The maximum absolute atomic E-state index is 13.9. The SMILES string of the molecule is Cc1nn(-c2ccc(Cl)cc2)c(Oc2cccc(F)c2)c1CN(C[C@@H]1CCCO1)C(=O)NC(C)C. The predicted octanol–water partition coefficient (Wildman–Crippen LogP) is 5.86. The van der Waals surface area contributed by atoms with Crippen LogP contribution in [0.3, 0.4) is 0 Å². The Morgan fingerprint density at radius 3 is 2.74 bits per heavy atom. The molecule has 1 N–H and O–H groups in total. The molecule has 4 rings (SSSR count). The number of hydrogen-bond acceptors (Lipinski definition) is 4. The molecule has 1 fully saturated rings. The van der Waals surface area contributed by atoms with Crippen LogP contribution in [0.2, 0.25) is 5.02 Å². The summed E-state index contributed by atoms with van der Waals surface area (Å²) < 4.78 is 27.6. The molecule has 0 aliphatic carbocycles. The summed E-state index contributed by atoms with van der Waals surface area (Å²) in [6.45, 7) is 7.11. The number of nitrogens with zero attached hydrogens (tertiary/aromatic N) is 3. The fourth-order valence-electron chi connectivity index (χ4n) is 4.01. The summed E-state index contributed by atoms with van der Waals surface area (Å²) in [5, 5.41) is 8.27. The average molecular weight is 501 g/mol. The van der Waals surface area contributed by atoms with Gasteiger partial charge in [0.25, 0.3) is 0 Å². The van der Waals surface area contributed by atoms with Crippen molar-refractivity contribution in [3.63, 3.8) is 0 Å². The van der Waals surface area contributed by atoms with E-state index in [4.69, 9.17) is 26.2 Å². The Morgan fingerprint density at radius 1 is 1.31 bits per heavy atom. The number of ether oxygens (including phenoxy) is 2. The fraction of sp³-hybridized carbons (Fsp3) is 0.385. The maximum Gasteiger partial charge on any atom is 0.317 e. The molecule has 0 unspecified atom stereocenters. The molecule has 3 aromatic rings. The van der Waals surface area contributed by atoms with E-state index < -0.39 is 5.82 Å². The molecule has 0 bridgehead atoms. The quantitative estimate of drug-likeness (QED) is 0.420. The Kier molecular flexibility index (Phi) is 7.93. The number of aromatic nitrogens is 2. The average Bonchev–Trinajstić information content (AvgIpc) is 3.42. The number of aryl methyl sites for hydroxylation is 1. The molecule has 7 nitrogen and oxygen atoms in total. The van der Waals surface area contributed by atoms with E-state index in [0.717, 1.165) is 24.1 Å². The van der Waals surface area contributed by atoms with E-state index >= 15 is 0 Å². The smallest absolute Gasteiger partial charge is 0.317 e. The van der Waals surface area contributed by atoms with Gasteiger partial charge in [-0.3, -0.25) is 0 Å². The molecule has 1 atom stereocenters. The molecule has 0 spiro atoms. The van der Waals surface area contributed by atoms with Crippen LogP contribution in [0.1, 0.15) is 37.9 Å². The fourth-order valence-corrected chi connectivity index (χ4v) is 4.13. The number of halogens is 2. The van der Waals surface area contributed by atoms with Crippen LogP contribution in [-0.2, 0) is 11.3 Å². The molecular formula is C26H30ClFN4O3. The molecule has 1 saturated heterocycles. The zero-order valence-electron chi connectivity index (χ0n) is 20.1. The highest BCUT2D eigenvalue weighted by Gasteiger charge is 2.27. The maximum atomic E-state index is 13.9. The van der Waals surface area contributed by atoms with Crippen LogP contribution in [0, 0.1) is 12.7 Å². The van der Waals surface area contributed by atoms with Crippen molar-refractivity contribution in [1.29, 1.82) is 0 Å². The molecule has 2 heterocycles. The third-order valence-electron chi connectivity index (χ3n) is 5.72. The van der Waals surface area contributed by atoms with E-state index in [2.05, 4.69) is 5.32 Å². The monoisotopic (exact) mass is 500 g/mol. The molecule has 1 aliphatic heterocycles. The molecule has 1 aromatic heterocycles. The minimum atomic E-state index is -0.408. The third-order valence-corrected chi connectivity index (χ3v) is 5.97. The molecule has 2 aromatic carbocycles. The van der Waals surface area contributed by atoms with Gasteiger partial charge in [-0.25, -0.2) is 13.9 Å². The summed E-state index contributed by atoms with van der Waals surface area (Å²) in [5.41, 5.74) is 2.15. The van der Waals surface area contributed by atoms with Crippen LogP contribution in [0.5, 0.6) is 11.6 Å². The lowest BCUT2D eigenvalue weighted by Crippen LogP contribution is -2.45. The van der Waals surface area contributed by atoms with Crippen LogP contribution in [0.15, 0.2) is 48.5 Å². The number of hydrogen-bond donors (Lipinski definition) is 1. The molecule has 2 amide bonds. The first-order chi connectivity index (χ1) is 16.8. The Labute approximate surface area is 209 Å². The summed E-state index contributed by atoms with van der Waals surface area (Å²) in [7, 11) is 0. The number of nitrogens with one attached hydrogen (secondary N) is 1. The minimum Gasteiger partial charge on any atom is -0.438 e. The zero-order valence-corrected chi connectivity index (χ0v) is 20.9. The van der Waals surface area contributed by atoms with E-state index in [1.54, 1.807) is 33.8 Å². The van der Waals surface area contributed by atoms with E-state index in [9.17, 15) is 9.18 Å². The first-order valence-electron chi connectivity index (χ1n) is 11.7. The van der Waals surface area contributed by atoms with Gasteiger partial charge in [0.15, 0.2) is 0 Å². The second-order valence-electron chi connectivity index (χ2n) is 8.94. The summed E-state index contributed by atoms with van der Waals surface area (Å²) >= 11 is 6.08. The number of amides is 2. The van der Waals surface area contributed by atoms with Crippen LogP contribution in [-0.4, -0.2) is 46.0 Å². The van der Waals surface area contributed by atoms with E-state index in [0.29, 0.717) is 35.5 Å². The van der Waals surface area contributed by atoms with Crippen molar-refractivity contribution in [2.75, 3.05) is 13.2 Å². The first kappa shape index (κ1) is 25.0. The summed E-state index contributed by atoms with van der Waals surface area (Å²) in [6, 6.07) is 12.9. The Balaban J connectivity index is 1.73. The minimum absolute atomic E-state index is 0.0181. The summed E-state index contributed by atoms with van der Waals surface area (Å²) in [5.74, 6) is 0.332. The molecule has 186 valence electrons. The van der Waals surface area contributed by atoms with Crippen molar-refractivity contribution in [3.8, 4) is 17.3 Å². The van der Waals surface area contributed by atoms with Crippen molar-refractivity contribution in [1.82, 2.24) is 20.0 Å². The van der Waals surface area contributed by atoms with Gasteiger partial charge in [-0.1, -0.05) is 17.7 Å². The number of benzene rings is 2.